The molecule has 19 heavy (non-hydrogen) atoms. The van der Waals surface area contributed by atoms with E-state index in [0.717, 1.165) is 10.9 Å². The number of hydrogen-bond donors (Lipinski definition) is 0. The molecule has 2 rings (SSSR count). The Balaban J connectivity index is 1.97. The number of para-hydroxylation sites is 1. The topological polar surface area (TPSA) is 39.2 Å². The van der Waals surface area contributed by atoms with Crippen LogP contribution in [0.4, 0.5) is 8.78 Å². The first kappa shape index (κ1) is 13.5. The molecule has 0 aliphatic heterocycles. The van der Waals surface area contributed by atoms with Crippen molar-refractivity contribution in [1.29, 1.82) is 0 Å². The van der Waals surface area contributed by atoms with Crippen LogP contribution < -0.4 is 0 Å². The average molecular weight is 265 g/mol. The molecule has 0 saturated carbocycles. The lowest BCUT2D eigenvalue weighted by Crippen LogP contribution is -2.09. The normalized spacial score (nSPS) is 11.1. The van der Waals surface area contributed by atoms with Gasteiger partial charge in [0.05, 0.1) is 12.1 Å². The maximum Gasteiger partial charge on any atom is 0.261 e. The summed E-state index contributed by atoms with van der Waals surface area (Å²) in [6.07, 6.45) is -0.928. The first-order valence-corrected chi connectivity index (χ1v) is 5.90. The number of ketones is 1. The number of Topliss-reactive ketones (excluding diaryl/α,β-unsaturated/α-hetero) is 1. The molecule has 0 spiro atoms. The van der Waals surface area contributed by atoms with E-state index in [0.29, 0.717) is 5.56 Å². The Kier molecular flexibility index (Phi) is 4.52. The largest absolute Gasteiger partial charge is 0.375 e. The Hall–Kier alpha value is -1.88. The van der Waals surface area contributed by atoms with Gasteiger partial charge in [-0.05, 0) is 12.1 Å². The first-order chi connectivity index (χ1) is 9.16. The molecule has 0 N–H and O–H groups in total. The standard InChI is InChI=1S/C14H13F2NO2/c15-14(16)9-19-6-5-13(18)11-7-10-3-1-2-4-12(10)17-8-11/h1-4,7-8,14H,5-6,9H2. The molecule has 1 aromatic heterocycles. The summed E-state index contributed by atoms with van der Waals surface area (Å²) in [5.74, 6) is -0.160. The molecule has 0 fully saturated rings. The van der Waals surface area contributed by atoms with Crippen molar-refractivity contribution in [3.05, 3.63) is 42.1 Å². The smallest absolute Gasteiger partial charge is 0.261 e. The minimum absolute atomic E-state index is 0.00397. The fourth-order valence-electron chi connectivity index (χ4n) is 1.71. The number of hydrogen-bond acceptors (Lipinski definition) is 3. The van der Waals surface area contributed by atoms with Crippen molar-refractivity contribution in [3.63, 3.8) is 0 Å². The van der Waals surface area contributed by atoms with Gasteiger partial charge in [-0.25, -0.2) is 8.78 Å². The molecule has 0 radical (unpaired) electrons. The van der Waals surface area contributed by atoms with Gasteiger partial charge in [-0.15, -0.1) is 0 Å². The van der Waals surface area contributed by atoms with Crippen molar-refractivity contribution in [2.45, 2.75) is 12.8 Å². The average Bonchev–Trinajstić information content (AvgIpc) is 2.42. The van der Waals surface area contributed by atoms with E-state index >= 15 is 0 Å². The van der Waals surface area contributed by atoms with Crippen LogP contribution in [0, 0.1) is 0 Å². The molecule has 1 aromatic carbocycles. The third-order valence-electron chi connectivity index (χ3n) is 2.63. The summed E-state index contributed by atoms with van der Waals surface area (Å²) in [4.78, 5) is 16.0. The molecular weight excluding hydrogens is 252 g/mol. The summed E-state index contributed by atoms with van der Waals surface area (Å²) in [6, 6.07) is 9.21. The molecule has 0 aliphatic carbocycles. The summed E-state index contributed by atoms with van der Waals surface area (Å²) in [5, 5.41) is 0.877. The van der Waals surface area contributed by atoms with Crippen LogP contribution in [-0.4, -0.2) is 30.4 Å². The number of benzene rings is 1. The lowest BCUT2D eigenvalue weighted by Gasteiger charge is -2.04. The third-order valence-corrected chi connectivity index (χ3v) is 2.63. The molecule has 0 aliphatic rings. The number of ether oxygens (including phenoxy) is 1. The van der Waals surface area contributed by atoms with Gasteiger partial charge in [-0.3, -0.25) is 9.78 Å². The van der Waals surface area contributed by atoms with Crippen LogP contribution >= 0.6 is 0 Å². The molecular formula is C14H13F2NO2. The maximum absolute atomic E-state index is 11.8. The summed E-state index contributed by atoms with van der Waals surface area (Å²) in [6.45, 7) is -0.640. The monoisotopic (exact) mass is 265 g/mol. The Morgan fingerprint density at radius 1 is 1.32 bits per heavy atom. The number of carbonyl (C=O) groups excluding carboxylic acids is 1. The van der Waals surface area contributed by atoms with Gasteiger partial charge in [-0.1, -0.05) is 18.2 Å². The molecule has 3 nitrogen and oxygen atoms in total. The van der Waals surface area contributed by atoms with Crippen molar-refractivity contribution in [3.8, 4) is 0 Å². The highest BCUT2D eigenvalue weighted by Gasteiger charge is 2.08. The number of nitrogens with zero attached hydrogens (tertiary/aromatic N) is 1. The quantitative estimate of drug-likeness (QED) is 0.595. The predicted octanol–water partition coefficient (Wildman–Crippen LogP) is 3.09. The zero-order chi connectivity index (χ0) is 13.7. The van der Waals surface area contributed by atoms with Crippen LogP contribution in [0.15, 0.2) is 36.5 Å². The molecule has 0 saturated heterocycles. The number of carbonyl (C=O) groups is 1. The van der Waals surface area contributed by atoms with Gasteiger partial charge >= 0.3 is 0 Å². The van der Waals surface area contributed by atoms with Gasteiger partial charge in [0, 0.05) is 23.6 Å². The highest BCUT2D eigenvalue weighted by molar-refractivity contribution is 5.98. The number of pyridine rings is 1. The van der Waals surface area contributed by atoms with Crippen LogP contribution in [0.5, 0.6) is 0 Å². The van der Waals surface area contributed by atoms with E-state index in [1.54, 1.807) is 6.07 Å². The van der Waals surface area contributed by atoms with Crippen LogP contribution in [0.2, 0.25) is 0 Å². The molecule has 2 aromatic rings. The summed E-state index contributed by atoms with van der Waals surface area (Å²) in [7, 11) is 0. The molecule has 0 bridgehead atoms. The Labute approximate surface area is 109 Å². The van der Waals surface area contributed by atoms with Crippen LogP contribution in [0.3, 0.4) is 0 Å². The lowest BCUT2D eigenvalue weighted by atomic mass is 10.1. The molecule has 5 heteroatoms. The summed E-state index contributed by atoms with van der Waals surface area (Å²) >= 11 is 0. The Bertz CT molecular complexity index is 572. The SMILES string of the molecule is O=C(CCOCC(F)F)c1cnc2ccccc2c1. The van der Waals surface area contributed by atoms with Gasteiger partial charge in [0.15, 0.2) is 5.78 Å². The second-order valence-corrected chi connectivity index (χ2v) is 4.06. The second kappa shape index (κ2) is 6.33. The minimum atomic E-state index is -2.50. The molecule has 0 unspecified atom stereocenters. The van der Waals surface area contributed by atoms with E-state index < -0.39 is 13.0 Å². The lowest BCUT2D eigenvalue weighted by molar-refractivity contribution is 0.0170. The molecule has 0 atom stereocenters. The fourth-order valence-corrected chi connectivity index (χ4v) is 1.71. The van der Waals surface area contributed by atoms with Gasteiger partial charge < -0.3 is 4.74 Å². The van der Waals surface area contributed by atoms with Gasteiger partial charge in [0.25, 0.3) is 6.43 Å². The summed E-state index contributed by atoms with van der Waals surface area (Å²) < 4.78 is 28.4. The van der Waals surface area contributed by atoms with E-state index in [1.807, 2.05) is 24.3 Å². The van der Waals surface area contributed by atoms with Crippen molar-refractivity contribution in [2.75, 3.05) is 13.2 Å². The van der Waals surface area contributed by atoms with E-state index in [1.165, 1.54) is 6.20 Å². The molecule has 100 valence electrons. The van der Waals surface area contributed by atoms with Crippen LogP contribution in [0.25, 0.3) is 10.9 Å². The van der Waals surface area contributed by atoms with Gasteiger partial charge in [-0.2, -0.15) is 0 Å². The number of halogens is 2. The first-order valence-electron chi connectivity index (χ1n) is 5.90. The molecule has 1 heterocycles. The second-order valence-electron chi connectivity index (χ2n) is 4.06. The number of alkyl halides is 2. The Morgan fingerprint density at radius 2 is 2.11 bits per heavy atom. The Morgan fingerprint density at radius 3 is 2.89 bits per heavy atom. The van der Waals surface area contributed by atoms with E-state index in [9.17, 15) is 13.6 Å². The van der Waals surface area contributed by atoms with E-state index in [4.69, 9.17) is 0 Å². The van der Waals surface area contributed by atoms with Crippen LogP contribution in [0.1, 0.15) is 16.8 Å². The van der Waals surface area contributed by atoms with Crippen LogP contribution in [-0.2, 0) is 4.74 Å². The number of fused-ring (bicyclic) bond motifs is 1. The highest BCUT2D eigenvalue weighted by atomic mass is 19.3. The van der Waals surface area contributed by atoms with Crippen molar-refractivity contribution >= 4 is 16.7 Å². The molecule has 0 amide bonds. The maximum atomic E-state index is 11.8. The fraction of sp³-hybridized carbons (Fsp3) is 0.286. The zero-order valence-electron chi connectivity index (χ0n) is 10.2. The minimum Gasteiger partial charge on any atom is -0.375 e. The van der Waals surface area contributed by atoms with E-state index in [-0.39, 0.29) is 18.8 Å². The highest BCUT2D eigenvalue weighted by Crippen LogP contribution is 2.13. The van der Waals surface area contributed by atoms with E-state index in [2.05, 4.69) is 9.72 Å². The third kappa shape index (κ3) is 3.79. The summed E-state index contributed by atoms with van der Waals surface area (Å²) in [5.41, 5.74) is 1.28. The predicted molar refractivity (Wildman–Crippen MR) is 67.5 cm³/mol. The van der Waals surface area contributed by atoms with Gasteiger partial charge in [0.1, 0.15) is 6.61 Å². The van der Waals surface area contributed by atoms with Crippen molar-refractivity contribution < 1.29 is 18.3 Å². The number of aromatic nitrogens is 1. The van der Waals surface area contributed by atoms with Crippen molar-refractivity contribution in [2.24, 2.45) is 0 Å². The zero-order valence-corrected chi connectivity index (χ0v) is 10.2. The van der Waals surface area contributed by atoms with Gasteiger partial charge in [0.2, 0.25) is 0 Å². The number of rotatable bonds is 6. The van der Waals surface area contributed by atoms with Crippen molar-refractivity contribution in [1.82, 2.24) is 4.98 Å².